The zero-order valence-corrected chi connectivity index (χ0v) is 21.9. The summed E-state index contributed by atoms with van der Waals surface area (Å²) in [5, 5.41) is 6.99. The van der Waals surface area contributed by atoms with Crippen molar-refractivity contribution in [3.63, 3.8) is 0 Å². The Bertz CT molecular complexity index is 1380. The Morgan fingerprint density at radius 3 is 2.68 bits per heavy atom. The monoisotopic (exact) mass is 517 g/mol. The first-order valence-electron chi connectivity index (χ1n) is 12.1. The highest BCUT2D eigenvalue weighted by molar-refractivity contribution is 7.59. The smallest absolute Gasteiger partial charge is 0.251 e. The number of para-hydroxylation sites is 1. The number of nitrogens with zero attached hydrogens (tertiary/aromatic N) is 5. The summed E-state index contributed by atoms with van der Waals surface area (Å²) in [5.74, 6) is 1.69. The van der Waals surface area contributed by atoms with E-state index in [1.54, 1.807) is 25.6 Å². The molecule has 9 nitrogen and oxygen atoms in total. The number of carbonyl (C=O) groups excluding carboxylic acids is 1. The van der Waals surface area contributed by atoms with Crippen LogP contribution in [0.2, 0.25) is 0 Å². The maximum absolute atomic E-state index is 12.3. The van der Waals surface area contributed by atoms with Gasteiger partial charge in [-0.3, -0.25) is 9.78 Å². The molecule has 0 aliphatic carbocycles. The second kappa shape index (κ2) is 12.0. The number of pyridine rings is 2. The Kier molecular flexibility index (Phi) is 8.52. The van der Waals surface area contributed by atoms with Crippen LogP contribution in [0.25, 0.3) is 22.2 Å². The maximum atomic E-state index is 12.3. The Balaban J connectivity index is 0.00000320. The third-order valence-electron chi connectivity index (χ3n) is 6.44. The van der Waals surface area contributed by atoms with Gasteiger partial charge < -0.3 is 20.3 Å². The molecular weight excluding hydrogens is 486 g/mol. The van der Waals surface area contributed by atoms with Crippen molar-refractivity contribution in [2.75, 3.05) is 50.1 Å². The summed E-state index contributed by atoms with van der Waals surface area (Å²) >= 11 is 0. The zero-order chi connectivity index (χ0) is 24.9. The van der Waals surface area contributed by atoms with Crippen LogP contribution in [0.1, 0.15) is 28.8 Å². The SMILES string of the molecule is CNC(=O)c1ccnc2c([C@H](C)CNc3cc(-c4ccnc(N5CCOCC5)c4)ncn3)cccc12.S. The molecule has 4 heterocycles. The fourth-order valence-corrected chi connectivity index (χ4v) is 4.45. The van der Waals surface area contributed by atoms with E-state index in [2.05, 4.69) is 54.5 Å². The molecule has 0 spiro atoms. The van der Waals surface area contributed by atoms with Gasteiger partial charge in [-0.1, -0.05) is 25.1 Å². The number of hydrogen-bond donors (Lipinski definition) is 2. The number of hydrogen-bond acceptors (Lipinski definition) is 8. The molecule has 1 atom stereocenters. The summed E-state index contributed by atoms with van der Waals surface area (Å²) < 4.78 is 5.45. The Hall–Kier alpha value is -3.76. The van der Waals surface area contributed by atoms with E-state index in [0.29, 0.717) is 25.3 Å². The van der Waals surface area contributed by atoms with Crippen molar-refractivity contribution in [1.29, 1.82) is 0 Å². The Labute approximate surface area is 223 Å². The van der Waals surface area contributed by atoms with E-state index in [-0.39, 0.29) is 25.3 Å². The molecule has 37 heavy (non-hydrogen) atoms. The number of aromatic nitrogens is 4. The molecule has 1 aromatic carbocycles. The van der Waals surface area contributed by atoms with E-state index in [9.17, 15) is 4.79 Å². The Morgan fingerprint density at radius 1 is 1.05 bits per heavy atom. The van der Waals surface area contributed by atoms with Gasteiger partial charge in [-0.05, 0) is 23.8 Å². The average Bonchev–Trinajstić information content (AvgIpc) is 2.95. The van der Waals surface area contributed by atoms with E-state index in [0.717, 1.165) is 52.4 Å². The lowest BCUT2D eigenvalue weighted by atomic mass is 9.96. The largest absolute Gasteiger partial charge is 0.378 e. The molecule has 1 amide bonds. The van der Waals surface area contributed by atoms with Crippen molar-refractivity contribution < 1.29 is 9.53 Å². The molecule has 0 radical (unpaired) electrons. The van der Waals surface area contributed by atoms with E-state index < -0.39 is 0 Å². The molecular formula is C27H31N7O2S. The van der Waals surface area contributed by atoms with Gasteiger partial charge in [0.15, 0.2) is 0 Å². The summed E-state index contributed by atoms with van der Waals surface area (Å²) in [6.07, 6.45) is 5.08. The van der Waals surface area contributed by atoms with Crippen molar-refractivity contribution in [2.45, 2.75) is 12.8 Å². The van der Waals surface area contributed by atoms with Crippen LogP contribution in [-0.2, 0) is 4.74 Å². The summed E-state index contributed by atoms with van der Waals surface area (Å²) in [4.78, 5) is 32.5. The predicted molar refractivity (Wildman–Crippen MR) is 151 cm³/mol. The number of anilines is 2. The van der Waals surface area contributed by atoms with Crippen LogP contribution >= 0.6 is 13.5 Å². The molecule has 1 aliphatic rings. The lowest BCUT2D eigenvalue weighted by molar-refractivity contribution is 0.0964. The van der Waals surface area contributed by atoms with E-state index in [1.165, 1.54) is 0 Å². The predicted octanol–water partition coefficient (Wildman–Crippen LogP) is 3.61. The molecule has 4 aromatic rings. The average molecular weight is 518 g/mol. The van der Waals surface area contributed by atoms with Gasteiger partial charge in [0.25, 0.3) is 5.91 Å². The molecule has 1 fully saturated rings. The number of rotatable bonds is 7. The van der Waals surface area contributed by atoms with Crippen molar-refractivity contribution in [2.24, 2.45) is 0 Å². The minimum absolute atomic E-state index is 0. The van der Waals surface area contributed by atoms with Gasteiger partial charge in [-0.2, -0.15) is 13.5 Å². The minimum atomic E-state index is -0.119. The van der Waals surface area contributed by atoms with Gasteiger partial charge in [0.1, 0.15) is 18.0 Å². The molecule has 0 unspecified atom stereocenters. The number of benzene rings is 1. The number of nitrogens with one attached hydrogen (secondary N) is 2. The normalized spacial score (nSPS) is 14.1. The van der Waals surface area contributed by atoms with Gasteiger partial charge in [0.2, 0.25) is 0 Å². The highest BCUT2D eigenvalue weighted by atomic mass is 32.1. The lowest BCUT2D eigenvalue weighted by Crippen LogP contribution is -2.36. The topological polar surface area (TPSA) is 105 Å². The quantitative estimate of drug-likeness (QED) is 0.383. The van der Waals surface area contributed by atoms with Gasteiger partial charge in [0, 0.05) is 62.0 Å². The van der Waals surface area contributed by atoms with Crippen molar-refractivity contribution in [3.05, 3.63) is 72.3 Å². The highest BCUT2D eigenvalue weighted by Crippen LogP contribution is 2.27. The standard InChI is InChI=1S/C27H29N7O2.H2S/c1-18(20-4-3-5-21-22(27(35)28-2)7-9-30-26(20)21)16-31-24-15-23(32-17-33-24)19-6-8-29-25(14-19)34-10-12-36-13-11-34;/h3-9,14-15,17-18H,10-13,16H2,1-2H3,(H,28,35)(H,31,32,33);1H2/t18-;/m1./s1. The summed E-state index contributed by atoms with van der Waals surface area (Å²) in [5.41, 5.74) is 4.36. The van der Waals surface area contributed by atoms with Crippen LogP contribution in [0.4, 0.5) is 11.6 Å². The van der Waals surface area contributed by atoms with Crippen molar-refractivity contribution >= 4 is 41.9 Å². The van der Waals surface area contributed by atoms with Gasteiger partial charge in [-0.15, -0.1) is 0 Å². The van der Waals surface area contributed by atoms with Crippen LogP contribution in [0.15, 0.2) is 61.2 Å². The first-order chi connectivity index (χ1) is 17.6. The number of fused-ring (bicyclic) bond motifs is 1. The highest BCUT2D eigenvalue weighted by Gasteiger charge is 2.16. The summed E-state index contributed by atoms with van der Waals surface area (Å²) in [6, 6.07) is 13.7. The molecule has 10 heteroatoms. The second-order valence-corrected chi connectivity index (χ2v) is 8.75. The van der Waals surface area contributed by atoms with Crippen molar-refractivity contribution in [1.82, 2.24) is 25.3 Å². The van der Waals surface area contributed by atoms with E-state index in [1.807, 2.05) is 30.5 Å². The van der Waals surface area contributed by atoms with Gasteiger partial charge in [-0.25, -0.2) is 15.0 Å². The van der Waals surface area contributed by atoms with Crippen molar-refractivity contribution in [3.8, 4) is 11.3 Å². The molecule has 1 aliphatic heterocycles. The number of ether oxygens (including phenoxy) is 1. The first kappa shape index (κ1) is 26.3. The molecule has 0 bridgehead atoms. The molecule has 1 saturated heterocycles. The first-order valence-corrected chi connectivity index (χ1v) is 12.1. The van der Waals surface area contributed by atoms with Crippen LogP contribution in [0, 0.1) is 0 Å². The zero-order valence-electron chi connectivity index (χ0n) is 20.9. The van der Waals surface area contributed by atoms with E-state index >= 15 is 0 Å². The second-order valence-electron chi connectivity index (χ2n) is 8.75. The van der Waals surface area contributed by atoms with Crippen LogP contribution < -0.4 is 15.5 Å². The third-order valence-corrected chi connectivity index (χ3v) is 6.44. The maximum Gasteiger partial charge on any atom is 0.251 e. The molecule has 192 valence electrons. The lowest BCUT2D eigenvalue weighted by Gasteiger charge is -2.28. The van der Waals surface area contributed by atoms with Gasteiger partial charge in [0.05, 0.1) is 30.0 Å². The molecule has 3 aromatic heterocycles. The molecule has 5 rings (SSSR count). The van der Waals surface area contributed by atoms with Gasteiger partial charge >= 0.3 is 0 Å². The number of amides is 1. The summed E-state index contributed by atoms with van der Waals surface area (Å²) in [6.45, 7) is 5.87. The van der Waals surface area contributed by atoms with Crippen LogP contribution in [-0.4, -0.2) is 65.7 Å². The fourth-order valence-electron chi connectivity index (χ4n) is 4.45. The molecule has 2 N–H and O–H groups in total. The number of morpholine rings is 1. The van der Waals surface area contributed by atoms with Crippen LogP contribution in [0.5, 0.6) is 0 Å². The van der Waals surface area contributed by atoms with E-state index in [4.69, 9.17) is 4.74 Å². The summed E-state index contributed by atoms with van der Waals surface area (Å²) in [7, 11) is 1.64. The number of carbonyl (C=O) groups is 1. The third kappa shape index (κ3) is 5.81. The fraction of sp³-hybridized carbons (Fsp3) is 0.296. The van der Waals surface area contributed by atoms with Crippen LogP contribution in [0.3, 0.4) is 0 Å². The molecule has 0 saturated carbocycles. The minimum Gasteiger partial charge on any atom is -0.378 e. The Morgan fingerprint density at radius 2 is 1.86 bits per heavy atom.